The molecular formula is C24H24INO6S. The highest BCUT2D eigenvalue weighted by atomic mass is 127. The summed E-state index contributed by atoms with van der Waals surface area (Å²) < 4.78 is 17.8. The van der Waals surface area contributed by atoms with Gasteiger partial charge in [-0.2, -0.15) is 0 Å². The highest BCUT2D eigenvalue weighted by Crippen LogP contribution is 2.36. The van der Waals surface area contributed by atoms with E-state index < -0.39 is 23.2 Å². The lowest BCUT2D eigenvalue weighted by Crippen LogP contribution is -2.42. The van der Waals surface area contributed by atoms with Crippen LogP contribution in [0, 0.1) is 3.57 Å². The molecule has 0 aliphatic carbocycles. The van der Waals surface area contributed by atoms with Crippen molar-refractivity contribution in [3.8, 4) is 11.5 Å². The summed E-state index contributed by atoms with van der Waals surface area (Å²) in [4.78, 5) is 38.3. The predicted octanol–water partition coefficient (Wildman–Crippen LogP) is 5.26. The minimum absolute atomic E-state index is 0.174. The second kappa shape index (κ2) is 11.6. The van der Waals surface area contributed by atoms with Gasteiger partial charge in [0.1, 0.15) is 12.6 Å². The van der Waals surface area contributed by atoms with E-state index in [9.17, 15) is 14.4 Å². The summed E-state index contributed by atoms with van der Waals surface area (Å²) in [5.41, 5.74) is 1.71. The molecule has 9 heteroatoms. The van der Waals surface area contributed by atoms with Crippen molar-refractivity contribution in [1.82, 2.24) is 4.90 Å². The van der Waals surface area contributed by atoms with Crippen molar-refractivity contribution in [1.29, 1.82) is 0 Å². The van der Waals surface area contributed by atoms with E-state index >= 15 is 0 Å². The molecule has 0 saturated carbocycles. The zero-order chi connectivity index (χ0) is 24.0. The van der Waals surface area contributed by atoms with Crippen LogP contribution in [0.3, 0.4) is 0 Å². The molecule has 0 radical (unpaired) electrons. The van der Waals surface area contributed by atoms with Crippen LogP contribution in [0.4, 0.5) is 4.79 Å². The first-order valence-corrected chi connectivity index (χ1v) is 12.3. The molecule has 0 bridgehead atoms. The normalized spacial score (nSPS) is 15.6. The number of halogens is 1. The highest BCUT2D eigenvalue weighted by molar-refractivity contribution is 14.1. The maximum absolute atomic E-state index is 12.8. The molecule has 2 amide bonds. The van der Waals surface area contributed by atoms with Crippen LogP contribution in [0.1, 0.15) is 31.9 Å². The summed E-state index contributed by atoms with van der Waals surface area (Å²) in [6, 6.07) is 12.4. The number of imide groups is 1. The summed E-state index contributed by atoms with van der Waals surface area (Å²) >= 11 is 3.04. The van der Waals surface area contributed by atoms with Crippen LogP contribution in [0.5, 0.6) is 11.5 Å². The Labute approximate surface area is 210 Å². The Balaban J connectivity index is 1.78. The summed E-state index contributed by atoms with van der Waals surface area (Å²) in [6.07, 6.45) is 1.61. The third kappa shape index (κ3) is 6.29. The van der Waals surface area contributed by atoms with Gasteiger partial charge in [0.05, 0.1) is 18.1 Å². The zero-order valence-electron chi connectivity index (χ0n) is 18.5. The molecule has 174 valence electrons. The topological polar surface area (TPSA) is 82.1 Å². The summed E-state index contributed by atoms with van der Waals surface area (Å²) in [5, 5.41) is -0.505. The number of thioether (sulfide) groups is 1. The molecule has 0 spiro atoms. The van der Waals surface area contributed by atoms with Gasteiger partial charge in [0, 0.05) is 3.57 Å². The van der Waals surface area contributed by atoms with E-state index in [1.54, 1.807) is 31.2 Å². The van der Waals surface area contributed by atoms with E-state index in [4.69, 9.17) is 14.2 Å². The van der Waals surface area contributed by atoms with Gasteiger partial charge in [0.15, 0.2) is 11.5 Å². The average Bonchev–Trinajstić information content (AvgIpc) is 3.07. The second-order valence-corrected chi connectivity index (χ2v) is 9.27. The van der Waals surface area contributed by atoms with Crippen LogP contribution in [-0.2, 0) is 20.9 Å². The van der Waals surface area contributed by atoms with Gasteiger partial charge in [-0.3, -0.25) is 14.5 Å². The van der Waals surface area contributed by atoms with E-state index in [1.807, 2.05) is 31.2 Å². The number of nitrogens with zero attached hydrogens (tertiary/aromatic N) is 1. The molecule has 1 atom stereocenters. The molecule has 1 heterocycles. The maximum Gasteiger partial charge on any atom is 0.329 e. The molecule has 1 aliphatic heterocycles. The molecule has 0 N–H and O–H groups in total. The van der Waals surface area contributed by atoms with E-state index in [-0.39, 0.29) is 11.5 Å². The van der Waals surface area contributed by atoms with Crippen molar-refractivity contribution >= 4 is 57.5 Å². The molecule has 0 unspecified atom stereocenters. The number of carbonyl (C=O) groups is 3. The van der Waals surface area contributed by atoms with E-state index in [0.29, 0.717) is 30.3 Å². The predicted molar refractivity (Wildman–Crippen MR) is 135 cm³/mol. The Morgan fingerprint density at radius 1 is 1.06 bits per heavy atom. The van der Waals surface area contributed by atoms with Crippen LogP contribution in [-0.4, -0.2) is 41.3 Å². The standard InChI is InChI=1S/C24H24INO6S/c1-4-30-20-12-17(8-11-19(20)32-14-16-6-9-18(25)10-7-16)13-21-22(27)26(24(29)33-21)15(3)23(28)31-5-2/h6-13,15H,4-5,14H2,1-3H3/b21-13+/t15-/m1/s1. The van der Waals surface area contributed by atoms with Crippen molar-refractivity contribution in [2.24, 2.45) is 0 Å². The molecule has 0 aromatic heterocycles. The average molecular weight is 581 g/mol. The van der Waals surface area contributed by atoms with Gasteiger partial charge in [-0.1, -0.05) is 18.2 Å². The fourth-order valence-corrected chi connectivity index (χ4v) is 4.34. The molecule has 7 nitrogen and oxygen atoms in total. The van der Waals surface area contributed by atoms with Gasteiger partial charge in [0.25, 0.3) is 11.1 Å². The van der Waals surface area contributed by atoms with Crippen LogP contribution < -0.4 is 9.47 Å². The van der Waals surface area contributed by atoms with Gasteiger partial charge < -0.3 is 14.2 Å². The Hall–Kier alpha value is -2.53. The van der Waals surface area contributed by atoms with Crippen molar-refractivity contribution in [3.05, 3.63) is 62.1 Å². The molecule has 2 aromatic rings. The molecule has 1 saturated heterocycles. The van der Waals surface area contributed by atoms with E-state index in [1.165, 1.54) is 6.92 Å². The first kappa shape index (κ1) is 25.1. The van der Waals surface area contributed by atoms with Crippen LogP contribution >= 0.6 is 34.4 Å². The number of benzene rings is 2. The Bertz CT molecular complexity index is 1070. The Morgan fingerprint density at radius 2 is 1.79 bits per heavy atom. The Kier molecular flexibility index (Phi) is 8.79. The third-order valence-electron chi connectivity index (χ3n) is 4.71. The number of esters is 1. The summed E-state index contributed by atoms with van der Waals surface area (Å²) in [5.74, 6) is -0.0238. The van der Waals surface area contributed by atoms with Crippen molar-refractivity contribution < 1.29 is 28.6 Å². The van der Waals surface area contributed by atoms with Gasteiger partial charge >= 0.3 is 5.97 Å². The smallest absolute Gasteiger partial charge is 0.329 e. The third-order valence-corrected chi connectivity index (χ3v) is 6.31. The van der Waals surface area contributed by atoms with Gasteiger partial charge in [-0.05, 0) is 96.6 Å². The van der Waals surface area contributed by atoms with Crippen molar-refractivity contribution in [2.45, 2.75) is 33.4 Å². The fourth-order valence-electron chi connectivity index (χ4n) is 3.08. The lowest BCUT2D eigenvalue weighted by Gasteiger charge is -2.19. The number of amides is 2. The van der Waals surface area contributed by atoms with Crippen molar-refractivity contribution in [3.63, 3.8) is 0 Å². The molecule has 33 heavy (non-hydrogen) atoms. The van der Waals surface area contributed by atoms with Crippen LogP contribution in [0.2, 0.25) is 0 Å². The summed E-state index contributed by atoms with van der Waals surface area (Å²) in [7, 11) is 0. The quantitative estimate of drug-likeness (QED) is 0.227. The molecule has 1 aliphatic rings. The Morgan fingerprint density at radius 3 is 2.45 bits per heavy atom. The first-order valence-electron chi connectivity index (χ1n) is 10.4. The minimum Gasteiger partial charge on any atom is -0.490 e. The number of hydrogen-bond donors (Lipinski definition) is 0. The number of rotatable bonds is 9. The van der Waals surface area contributed by atoms with Crippen LogP contribution in [0.15, 0.2) is 47.4 Å². The van der Waals surface area contributed by atoms with Gasteiger partial charge in [0.2, 0.25) is 0 Å². The number of ether oxygens (including phenoxy) is 3. The monoisotopic (exact) mass is 581 g/mol. The maximum atomic E-state index is 12.8. The zero-order valence-corrected chi connectivity index (χ0v) is 21.5. The largest absolute Gasteiger partial charge is 0.490 e. The molecule has 1 fully saturated rings. The fraction of sp³-hybridized carbons (Fsp3) is 0.292. The number of hydrogen-bond acceptors (Lipinski definition) is 7. The highest BCUT2D eigenvalue weighted by Gasteiger charge is 2.41. The first-order chi connectivity index (χ1) is 15.8. The van der Waals surface area contributed by atoms with Gasteiger partial charge in [-0.15, -0.1) is 0 Å². The van der Waals surface area contributed by atoms with Crippen LogP contribution in [0.25, 0.3) is 6.08 Å². The molecule has 2 aromatic carbocycles. The minimum atomic E-state index is -0.987. The lowest BCUT2D eigenvalue weighted by atomic mass is 10.1. The second-order valence-electron chi connectivity index (χ2n) is 7.03. The van der Waals surface area contributed by atoms with E-state index in [2.05, 4.69) is 22.6 Å². The van der Waals surface area contributed by atoms with E-state index in [0.717, 1.165) is 25.8 Å². The molecule has 3 rings (SSSR count). The molecular weight excluding hydrogens is 557 g/mol. The SMILES string of the molecule is CCOC(=O)[C@@H](C)N1C(=O)S/C(=C/c2ccc(OCc3ccc(I)cc3)c(OCC)c2)C1=O. The summed E-state index contributed by atoms with van der Waals surface area (Å²) in [6.45, 7) is 6.02. The lowest BCUT2D eigenvalue weighted by molar-refractivity contribution is -0.150. The van der Waals surface area contributed by atoms with Crippen molar-refractivity contribution in [2.75, 3.05) is 13.2 Å². The number of carbonyl (C=O) groups excluding carboxylic acids is 3. The van der Waals surface area contributed by atoms with Gasteiger partial charge in [-0.25, -0.2) is 4.79 Å².